The van der Waals surface area contributed by atoms with Crippen molar-refractivity contribution in [3.63, 3.8) is 0 Å². The van der Waals surface area contributed by atoms with Gasteiger partial charge in [0, 0.05) is 0 Å². The van der Waals surface area contributed by atoms with Crippen LogP contribution in [-0.2, 0) is 0 Å². The SMILES string of the molecule is Cc1ccccc1C(O)c1ccco1. The summed E-state index contributed by atoms with van der Waals surface area (Å²) in [5, 5.41) is 9.97. The minimum absolute atomic E-state index is 0.583. The smallest absolute Gasteiger partial charge is 0.137 e. The number of aliphatic hydroxyl groups is 1. The summed E-state index contributed by atoms with van der Waals surface area (Å²) >= 11 is 0. The van der Waals surface area contributed by atoms with Gasteiger partial charge in [0.15, 0.2) is 0 Å². The third-order valence-corrected chi connectivity index (χ3v) is 2.30. The van der Waals surface area contributed by atoms with Crippen molar-refractivity contribution < 1.29 is 9.52 Å². The summed E-state index contributed by atoms with van der Waals surface area (Å²) in [5.74, 6) is 0.583. The molecule has 1 aromatic carbocycles. The average Bonchev–Trinajstić information content (AvgIpc) is 2.70. The van der Waals surface area contributed by atoms with E-state index in [1.54, 1.807) is 18.4 Å². The van der Waals surface area contributed by atoms with Crippen molar-refractivity contribution in [3.8, 4) is 0 Å². The monoisotopic (exact) mass is 188 g/mol. The maximum Gasteiger partial charge on any atom is 0.137 e. The minimum Gasteiger partial charge on any atom is -0.466 e. The third kappa shape index (κ3) is 1.56. The van der Waals surface area contributed by atoms with Gasteiger partial charge in [0.25, 0.3) is 0 Å². The van der Waals surface area contributed by atoms with E-state index in [2.05, 4.69) is 0 Å². The van der Waals surface area contributed by atoms with Crippen LogP contribution in [0.4, 0.5) is 0 Å². The Hall–Kier alpha value is -1.54. The van der Waals surface area contributed by atoms with Gasteiger partial charge < -0.3 is 9.52 Å². The van der Waals surface area contributed by atoms with Crippen molar-refractivity contribution in [1.82, 2.24) is 0 Å². The van der Waals surface area contributed by atoms with Crippen LogP contribution >= 0.6 is 0 Å². The van der Waals surface area contributed by atoms with Crippen LogP contribution in [0, 0.1) is 6.92 Å². The Labute approximate surface area is 82.8 Å². The molecule has 2 aromatic rings. The molecule has 0 amide bonds. The van der Waals surface area contributed by atoms with Gasteiger partial charge in [0.05, 0.1) is 6.26 Å². The van der Waals surface area contributed by atoms with Gasteiger partial charge in [-0.3, -0.25) is 0 Å². The van der Waals surface area contributed by atoms with E-state index in [9.17, 15) is 5.11 Å². The molecule has 0 radical (unpaired) electrons. The lowest BCUT2D eigenvalue weighted by Gasteiger charge is -2.10. The molecule has 2 nitrogen and oxygen atoms in total. The number of aryl methyl sites for hydroxylation is 1. The third-order valence-electron chi connectivity index (χ3n) is 2.30. The van der Waals surface area contributed by atoms with E-state index in [1.165, 1.54) is 0 Å². The second-order valence-corrected chi connectivity index (χ2v) is 3.27. The van der Waals surface area contributed by atoms with Crippen LogP contribution in [0.25, 0.3) is 0 Å². The minimum atomic E-state index is -0.661. The van der Waals surface area contributed by atoms with Crippen molar-refractivity contribution >= 4 is 0 Å². The predicted octanol–water partition coefficient (Wildman–Crippen LogP) is 2.67. The molecule has 14 heavy (non-hydrogen) atoms. The van der Waals surface area contributed by atoms with Crippen LogP contribution in [0.5, 0.6) is 0 Å². The highest BCUT2D eigenvalue weighted by molar-refractivity contribution is 5.31. The fourth-order valence-corrected chi connectivity index (χ4v) is 1.49. The first-order valence-electron chi connectivity index (χ1n) is 4.56. The Morgan fingerprint density at radius 2 is 1.93 bits per heavy atom. The first kappa shape index (κ1) is 9.03. The maximum absolute atomic E-state index is 9.97. The van der Waals surface area contributed by atoms with E-state index in [0.717, 1.165) is 11.1 Å². The summed E-state index contributed by atoms with van der Waals surface area (Å²) in [5.41, 5.74) is 1.96. The van der Waals surface area contributed by atoms with Gasteiger partial charge in [0.2, 0.25) is 0 Å². The number of aliphatic hydroxyl groups excluding tert-OH is 1. The van der Waals surface area contributed by atoms with E-state index in [0.29, 0.717) is 5.76 Å². The zero-order chi connectivity index (χ0) is 9.97. The molecule has 0 aliphatic heterocycles. The van der Waals surface area contributed by atoms with E-state index in [-0.39, 0.29) is 0 Å². The van der Waals surface area contributed by atoms with Gasteiger partial charge in [-0.1, -0.05) is 24.3 Å². The number of hydrogen-bond acceptors (Lipinski definition) is 2. The lowest BCUT2D eigenvalue weighted by atomic mass is 10.0. The zero-order valence-electron chi connectivity index (χ0n) is 7.97. The summed E-state index contributed by atoms with van der Waals surface area (Å²) in [6, 6.07) is 11.3. The maximum atomic E-state index is 9.97. The number of rotatable bonds is 2. The van der Waals surface area contributed by atoms with Gasteiger partial charge in [-0.25, -0.2) is 0 Å². The molecule has 0 aliphatic rings. The molecular formula is C12H12O2. The van der Waals surface area contributed by atoms with Crippen LogP contribution in [0.2, 0.25) is 0 Å². The molecule has 0 saturated carbocycles. The zero-order valence-corrected chi connectivity index (χ0v) is 7.97. The largest absolute Gasteiger partial charge is 0.466 e. The van der Waals surface area contributed by atoms with Gasteiger partial charge in [0.1, 0.15) is 11.9 Å². The Morgan fingerprint density at radius 1 is 1.14 bits per heavy atom. The summed E-state index contributed by atoms with van der Waals surface area (Å²) in [6.07, 6.45) is 0.905. The number of benzene rings is 1. The summed E-state index contributed by atoms with van der Waals surface area (Å²) in [7, 11) is 0. The van der Waals surface area contributed by atoms with Crippen molar-refractivity contribution in [3.05, 3.63) is 59.5 Å². The van der Waals surface area contributed by atoms with E-state index >= 15 is 0 Å². The Balaban J connectivity index is 2.37. The summed E-state index contributed by atoms with van der Waals surface area (Å²) in [4.78, 5) is 0. The highest BCUT2D eigenvalue weighted by atomic mass is 16.4. The van der Waals surface area contributed by atoms with E-state index in [4.69, 9.17) is 4.42 Å². The van der Waals surface area contributed by atoms with Crippen molar-refractivity contribution in [2.75, 3.05) is 0 Å². The molecule has 0 saturated heterocycles. The van der Waals surface area contributed by atoms with E-state index in [1.807, 2.05) is 31.2 Å². The van der Waals surface area contributed by atoms with Crippen LogP contribution in [0.3, 0.4) is 0 Å². The molecule has 1 N–H and O–H groups in total. The second-order valence-electron chi connectivity index (χ2n) is 3.27. The van der Waals surface area contributed by atoms with Gasteiger partial charge in [-0.2, -0.15) is 0 Å². The van der Waals surface area contributed by atoms with E-state index < -0.39 is 6.10 Å². The highest BCUT2D eigenvalue weighted by Gasteiger charge is 2.14. The lowest BCUT2D eigenvalue weighted by molar-refractivity contribution is 0.188. The fraction of sp³-hybridized carbons (Fsp3) is 0.167. The highest BCUT2D eigenvalue weighted by Crippen LogP contribution is 2.24. The average molecular weight is 188 g/mol. The molecule has 0 spiro atoms. The van der Waals surface area contributed by atoms with Crippen LogP contribution in [0.1, 0.15) is 23.0 Å². The molecular weight excluding hydrogens is 176 g/mol. The molecule has 1 aromatic heterocycles. The quantitative estimate of drug-likeness (QED) is 0.786. The lowest BCUT2D eigenvalue weighted by Crippen LogP contribution is -1.99. The predicted molar refractivity (Wildman–Crippen MR) is 53.9 cm³/mol. The Kier molecular flexibility index (Phi) is 2.37. The van der Waals surface area contributed by atoms with Gasteiger partial charge >= 0.3 is 0 Å². The first-order chi connectivity index (χ1) is 6.79. The normalized spacial score (nSPS) is 12.7. The van der Waals surface area contributed by atoms with Crippen molar-refractivity contribution in [2.45, 2.75) is 13.0 Å². The number of furan rings is 1. The molecule has 1 atom stereocenters. The van der Waals surface area contributed by atoms with Crippen LogP contribution < -0.4 is 0 Å². The van der Waals surface area contributed by atoms with Crippen LogP contribution in [0.15, 0.2) is 47.1 Å². The second kappa shape index (κ2) is 3.68. The molecule has 0 aliphatic carbocycles. The Bertz CT molecular complexity index is 404. The molecule has 0 bridgehead atoms. The van der Waals surface area contributed by atoms with Crippen molar-refractivity contribution in [1.29, 1.82) is 0 Å². The summed E-state index contributed by atoms with van der Waals surface area (Å²) < 4.78 is 5.15. The molecule has 2 rings (SSSR count). The number of hydrogen-bond donors (Lipinski definition) is 1. The topological polar surface area (TPSA) is 33.4 Å². The van der Waals surface area contributed by atoms with Gasteiger partial charge in [-0.05, 0) is 30.2 Å². The first-order valence-corrected chi connectivity index (χ1v) is 4.56. The summed E-state index contributed by atoms with van der Waals surface area (Å²) in [6.45, 7) is 1.97. The molecule has 0 fully saturated rings. The molecule has 72 valence electrons. The van der Waals surface area contributed by atoms with Crippen molar-refractivity contribution in [2.24, 2.45) is 0 Å². The Morgan fingerprint density at radius 3 is 2.57 bits per heavy atom. The molecule has 1 heterocycles. The molecule has 2 heteroatoms. The standard InChI is InChI=1S/C12H12O2/c1-9-5-2-3-6-10(9)12(13)11-7-4-8-14-11/h2-8,12-13H,1H3. The fourth-order valence-electron chi connectivity index (χ4n) is 1.49. The van der Waals surface area contributed by atoms with Gasteiger partial charge in [-0.15, -0.1) is 0 Å². The van der Waals surface area contributed by atoms with Crippen LogP contribution in [-0.4, -0.2) is 5.11 Å². The molecule has 1 unspecified atom stereocenters.